The molecule has 0 unspecified atom stereocenters. The van der Waals surface area contributed by atoms with Crippen molar-refractivity contribution in [2.75, 3.05) is 4.90 Å². The third-order valence-electron chi connectivity index (χ3n) is 5.69. The van der Waals surface area contributed by atoms with E-state index in [0.29, 0.717) is 21.3 Å². The van der Waals surface area contributed by atoms with Gasteiger partial charge < -0.3 is 4.57 Å². The number of aryl methyl sites for hydroxylation is 1. The van der Waals surface area contributed by atoms with Crippen molar-refractivity contribution < 1.29 is 9.72 Å². The van der Waals surface area contributed by atoms with Crippen LogP contribution in [-0.2, 0) is 11.3 Å². The zero-order chi connectivity index (χ0) is 23.8. The van der Waals surface area contributed by atoms with Crippen molar-refractivity contribution in [2.45, 2.75) is 13.5 Å². The summed E-state index contributed by atoms with van der Waals surface area (Å²) in [6.07, 6.45) is 3.79. The standard InChI is InChI=1S/C26H19N3O3S2/c1-17-7-6-9-20(13-17)28-25(30)24(34-26(28)33)14-19-16-27(23-12-5-3-10-21(19)23)15-18-8-2-4-11-22(18)29(31)32/h2-14,16H,15H2,1H3. The number of para-hydroxylation sites is 2. The molecule has 1 fully saturated rings. The molecule has 5 rings (SSSR count). The number of carbonyl (C=O) groups is 1. The number of fused-ring (bicyclic) bond motifs is 1. The number of thiocarbonyl (C=S) groups is 1. The van der Waals surface area contributed by atoms with Crippen molar-refractivity contribution in [1.82, 2.24) is 4.57 Å². The Labute approximate surface area is 205 Å². The molecule has 1 aliphatic heterocycles. The largest absolute Gasteiger partial charge is 0.342 e. The molecule has 1 saturated heterocycles. The number of carbonyl (C=O) groups excluding carboxylic acids is 1. The molecule has 0 atom stereocenters. The number of aromatic nitrogens is 1. The van der Waals surface area contributed by atoms with Gasteiger partial charge in [-0.1, -0.05) is 72.5 Å². The lowest BCUT2D eigenvalue weighted by Crippen LogP contribution is -2.27. The van der Waals surface area contributed by atoms with Crippen molar-refractivity contribution in [2.24, 2.45) is 0 Å². The molecule has 4 aromatic rings. The lowest BCUT2D eigenvalue weighted by atomic mass is 10.1. The number of rotatable bonds is 5. The zero-order valence-corrected chi connectivity index (χ0v) is 19.8. The van der Waals surface area contributed by atoms with E-state index in [0.717, 1.165) is 27.7 Å². The molecule has 1 amide bonds. The van der Waals surface area contributed by atoms with Gasteiger partial charge in [-0.3, -0.25) is 19.8 Å². The van der Waals surface area contributed by atoms with Crippen LogP contribution in [0.3, 0.4) is 0 Å². The van der Waals surface area contributed by atoms with Crippen LogP contribution in [0.2, 0.25) is 0 Å². The van der Waals surface area contributed by atoms with E-state index in [9.17, 15) is 14.9 Å². The van der Waals surface area contributed by atoms with Crippen molar-refractivity contribution in [3.8, 4) is 0 Å². The van der Waals surface area contributed by atoms with Crippen molar-refractivity contribution in [3.63, 3.8) is 0 Å². The molecule has 0 aliphatic carbocycles. The molecule has 3 aromatic carbocycles. The topological polar surface area (TPSA) is 68.4 Å². The first-order valence-electron chi connectivity index (χ1n) is 10.6. The van der Waals surface area contributed by atoms with Gasteiger partial charge in [0.15, 0.2) is 4.32 Å². The highest BCUT2D eigenvalue weighted by Crippen LogP contribution is 2.37. The summed E-state index contributed by atoms with van der Waals surface area (Å²) in [4.78, 5) is 26.5. The molecule has 34 heavy (non-hydrogen) atoms. The predicted octanol–water partition coefficient (Wildman–Crippen LogP) is 6.31. The number of anilines is 1. The van der Waals surface area contributed by atoms with Gasteiger partial charge in [-0.2, -0.15) is 0 Å². The quantitative estimate of drug-likeness (QED) is 0.143. The average Bonchev–Trinajstić information content (AvgIpc) is 3.30. The second-order valence-corrected chi connectivity index (χ2v) is 9.65. The number of amides is 1. The van der Waals surface area contributed by atoms with Gasteiger partial charge in [0.2, 0.25) is 0 Å². The van der Waals surface area contributed by atoms with Gasteiger partial charge in [-0.25, -0.2) is 0 Å². The number of nitrogens with zero attached hydrogens (tertiary/aromatic N) is 3. The van der Waals surface area contributed by atoms with Gasteiger partial charge in [0, 0.05) is 34.3 Å². The SMILES string of the molecule is Cc1cccc(N2C(=O)C(=Cc3cn(Cc4ccccc4[N+](=O)[O-])c4ccccc34)SC2=S)c1. The van der Waals surface area contributed by atoms with Crippen LogP contribution in [0.25, 0.3) is 17.0 Å². The molecule has 1 aromatic heterocycles. The van der Waals surface area contributed by atoms with Gasteiger partial charge in [0.05, 0.1) is 22.1 Å². The monoisotopic (exact) mass is 485 g/mol. The van der Waals surface area contributed by atoms with Gasteiger partial charge in [-0.15, -0.1) is 0 Å². The van der Waals surface area contributed by atoms with Crippen LogP contribution in [0.4, 0.5) is 11.4 Å². The second kappa shape index (κ2) is 8.89. The number of hydrogen-bond donors (Lipinski definition) is 0. The van der Waals surface area contributed by atoms with Crippen LogP contribution in [0.1, 0.15) is 16.7 Å². The number of nitro benzene ring substituents is 1. The van der Waals surface area contributed by atoms with E-state index in [2.05, 4.69) is 0 Å². The second-order valence-electron chi connectivity index (χ2n) is 7.97. The van der Waals surface area contributed by atoms with E-state index in [-0.39, 0.29) is 16.5 Å². The third kappa shape index (κ3) is 4.02. The summed E-state index contributed by atoms with van der Waals surface area (Å²) >= 11 is 6.80. The van der Waals surface area contributed by atoms with Gasteiger partial charge in [0.25, 0.3) is 11.6 Å². The van der Waals surface area contributed by atoms with E-state index < -0.39 is 0 Å². The summed E-state index contributed by atoms with van der Waals surface area (Å²) in [5.41, 5.74) is 4.30. The third-order valence-corrected chi connectivity index (χ3v) is 6.99. The van der Waals surface area contributed by atoms with Crippen molar-refractivity contribution in [3.05, 3.63) is 111 Å². The van der Waals surface area contributed by atoms with Crippen LogP contribution in [0.15, 0.2) is 83.9 Å². The number of thioether (sulfide) groups is 1. The Kier molecular flexibility index (Phi) is 5.77. The molecule has 8 heteroatoms. The van der Waals surface area contributed by atoms with Gasteiger partial charge in [-0.05, 0) is 36.8 Å². The van der Waals surface area contributed by atoms with E-state index >= 15 is 0 Å². The molecule has 0 N–H and O–H groups in total. The zero-order valence-electron chi connectivity index (χ0n) is 18.2. The Morgan fingerprint density at radius 2 is 1.82 bits per heavy atom. The maximum absolute atomic E-state index is 13.3. The van der Waals surface area contributed by atoms with Gasteiger partial charge in [0.1, 0.15) is 0 Å². The first-order chi connectivity index (χ1) is 16.4. The van der Waals surface area contributed by atoms with Crippen LogP contribution in [-0.4, -0.2) is 19.7 Å². The summed E-state index contributed by atoms with van der Waals surface area (Å²) in [5, 5.41) is 12.4. The molecular weight excluding hydrogens is 466 g/mol. The normalized spacial score (nSPS) is 15.0. The fraction of sp³-hybridized carbons (Fsp3) is 0.0769. The Hall–Kier alpha value is -3.75. The molecule has 6 nitrogen and oxygen atoms in total. The molecule has 2 heterocycles. The Morgan fingerprint density at radius 3 is 2.62 bits per heavy atom. The first kappa shape index (κ1) is 22.1. The molecular formula is C26H19N3O3S2. The van der Waals surface area contributed by atoms with E-state index in [4.69, 9.17) is 12.2 Å². The minimum atomic E-state index is -0.363. The maximum Gasteiger partial charge on any atom is 0.274 e. The smallest absolute Gasteiger partial charge is 0.274 e. The van der Waals surface area contributed by atoms with Crippen LogP contribution in [0.5, 0.6) is 0 Å². The summed E-state index contributed by atoms with van der Waals surface area (Å²) < 4.78 is 2.47. The average molecular weight is 486 g/mol. The fourth-order valence-corrected chi connectivity index (χ4v) is 5.42. The van der Waals surface area contributed by atoms with Crippen molar-refractivity contribution in [1.29, 1.82) is 0 Å². The fourth-order valence-electron chi connectivity index (χ4n) is 4.13. The number of hydrogen-bond acceptors (Lipinski definition) is 5. The summed E-state index contributed by atoms with van der Waals surface area (Å²) in [7, 11) is 0. The van der Waals surface area contributed by atoms with E-state index in [1.165, 1.54) is 17.8 Å². The minimum Gasteiger partial charge on any atom is -0.342 e. The van der Waals surface area contributed by atoms with Crippen LogP contribution in [0, 0.1) is 17.0 Å². The molecule has 0 bridgehead atoms. The highest BCUT2D eigenvalue weighted by molar-refractivity contribution is 8.27. The van der Waals surface area contributed by atoms with E-state index in [1.54, 1.807) is 23.1 Å². The molecule has 0 spiro atoms. The summed E-state index contributed by atoms with van der Waals surface area (Å²) in [6, 6.07) is 22.3. The first-order valence-corrected chi connectivity index (χ1v) is 11.8. The summed E-state index contributed by atoms with van der Waals surface area (Å²) in [6.45, 7) is 2.32. The van der Waals surface area contributed by atoms with Gasteiger partial charge >= 0.3 is 0 Å². The minimum absolute atomic E-state index is 0.0841. The lowest BCUT2D eigenvalue weighted by Gasteiger charge is -2.14. The number of nitro groups is 1. The Morgan fingerprint density at radius 1 is 1.06 bits per heavy atom. The maximum atomic E-state index is 13.3. The highest BCUT2D eigenvalue weighted by Gasteiger charge is 2.33. The molecule has 0 saturated carbocycles. The molecule has 168 valence electrons. The highest BCUT2D eigenvalue weighted by atomic mass is 32.2. The van der Waals surface area contributed by atoms with Crippen LogP contribution >= 0.6 is 24.0 Å². The Bertz CT molecular complexity index is 1510. The van der Waals surface area contributed by atoms with E-state index in [1.807, 2.05) is 72.3 Å². The molecule has 1 aliphatic rings. The predicted molar refractivity (Wildman–Crippen MR) is 141 cm³/mol. The number of benzene rings is 3. The Balaban J connectivity index is 1.54. The van der Waals surface area contributed by atoms with Crippen LogP contribution < -0.4 is 4.90 Å². The lowest BCUT2D eigenvalue weighted by molar-refractivity contribution is -0.385. The summed E-state index contributed by atoms with van der Waals surface area (Å²) in [5.74, 6) is -0.156. The van der Waals surface area contributed by atoms with Crippen molar-refractivity contribution >= 4 is 62.6 Å². The molecule has 0 radical (unpaired) electrons.